The summed E-state index contributed by atoms with van der Waals surface area (Å²) in [6.45, 7) is 8.72. The van der Waals surface area contributed by atoms with Crippen LogP contribution >= 0.6 is 0 Å². The molecule has 0 aliphatic carbocycles. The van der Waals surface area contributed by atoms with E-state index in [0.717, 1.165) is 49.6 Å². The van der Waals surface area contributed by atoms with Gasteiger partial charge in [0.05, 0.1) is 5.69 Å². The Morgan fingerprint density at radius 2 is 2.05 bits per heavy atom. The lowest BCUT2D eigenvalue weighted by atomic mass is 10.2. The molecule has 20 heavy (non-hydrogen) atoms. The quantitative estimate of drug-likeness (QED) is 0.830. The van der Waals surface area contributed by atoms with E-state index in [1.807, 2.05) is 40.8 Å². The van der Waals surface area contributed by atoms with Gasteiger partial charge in [-0.15, -0.1) is 0 Å². The maximum Gasteiger partial charge on any atom is 0.254 e. The number of pyridine rings is 1. The van der Waals surface area contributed by atoms with Gasteiger partial charge in [0.25, 0.3) is 5.91 Å². The number of hydrogen-bond donors (Lipinski definition) is 0. The van der Waals surface area contributed by atoms with Crippen LogP contribution in [0.5, 0.6) is 0 Å². The summed E-state index contributed by atoms with van der Waals surface area (Å²) in [6, 6.07) is 3.75. The molecule has 3 heterocycles. The first-order valence-electron chi connectivity index (χ1n) is 7.14. The van der Waals surface area contributed by atoms with E-state index in [1.54, 1.807) is 0 Å². The second-order valence-electron chi connectivity index (χ2n) is 5.29. The topological polar surface area (TPSA) is 40.9 Å². The van der Waals surface area contributed by atoms with Gasteiger partial charge >= 0.3 is 0 Å². The van der Waals surface area contributed by atoms with Crippen LogP contribution in [-0.4, -0.2) is 57.8 Å². The highest BCUT2D eigenvalue weighted by Crippen LogP contribution is 2.12. The Morgan fingerprint density at radius 1 is 1.30 bits per heavy atom. The van der Waals surface area contributed by atoms with Crippen LogP contribution in [0.4, 0.5) is 0 Å². The molecule has 1 saturated heterocycles. The second kappa shape index (κ2) is 5.25. The molecular formula is C15H20N4O. The molecule has 0 unspecified atom stereocenters. The van der Waals surface area contributed by atoms with Crippen molar-refractivity contribution in [2.45, 2.75) is 13.8 Å². The van der Waals surface area contributed by atoms with Crippen molar-refractivity contribution in [1.29, 1.82) is 0 Å². The molecule has 0 atom stereocenters. The molecule has 2 aromatic heterocycles. The highest BCUT2D eigenvalue weighted by Gasteiger charge is 2.21. The summed E-state index contributed by atoms with van der Waals surface area (Å²) < 4.78 is 1.95. The number of carbonyl (C=O) groups is 1. The fourth-order valence-electron chi connectivity index (χ4n) is 2.69. The first-order chi connectivity index (χ1) is 9.67. The third kappa shape index (κ3) is 2.41. The van der Waals surface area contributed by atoms with E-state index in [9.17, 15) is 4.79 Å². The lowest BCUT2D eigenvalue weighted by Crippen LogP contribution is -2.48. The van der Waals surface area contributed by atoms with E-state index < -0.39 is 0 Å². The van der Waals surface area contributed by atoms with Crippen molar-refractivity contribution >= 4 is 11.6 Å². The SMILES string of the molecule is CCN1CCN(C(=O)c2ccn3cc(C)nc3c2)CC1. The molecule has 1 amide bonds. The number of rotatable bonds is 2. The summed E-state index contributed by atoms with van der Waals surface area (Å²) in [5.74, 6) is 0.115. The predicted molar refractivity (Wildman–Crippen MR) is 77.9 cm³/mol. The number of aryl methyl sites for hydroxylation is 1. The zero-order valence-electron chi connectivity index (χ0n) is 12.0. The zero-order valence-corrected chi connectivity index (χ0v) is 12.0. The summed E-state index contributed by atoms with van der Waals surface area (Å²) in [4.78, 5) is 21.2. The summed E-state index contributed by atoms with van der Waals surface area (Å²) in [7, 11) is 0. The van der Waals surface area contributed by atoms with Crippen LogP contribution in [-0.2, 0) is 0 Å². The third-order valence-corrected chi connectivity index (χ3v) is 3.93. The molecule has 106 valence electrons. The smallest absolute Gasteiger partial charge is 0.254 e. The first-order valence-corrected chi connectivity index (χ1v) is 7.14. The second-order valence-corrected chi connectivity index (χ2v) is 5.29. The Balaban J connectivity index is 1.78. The molecule has 0 saturated carbocycles. The molecule has 0 bridgehead atoms. The molecular weight excluding hydrogens is 252 g/mol. The number of carbonyl (C=O) groups excluding carboxylic acids is 1. The van der Waals surface area contributed by atoms with Crippen molar-refractivity contribution in [3.05, 3.63) is 35.8 Å². The van der Waals surface area contributed by atoms with Crippen LogP contribution in [0.15, 0.2) is 24.5 Å². The number of nitrogens with zero attached hydrogens (tertiary/aromatic N) is 4. The monoisotopic (exact) mass is 272 g/mol. The average molecular weight is 272 g/mol. The fraction of sp³-hybridized carbons (Fsp3) is 0.467. The standard InChI is InChI=1S/C15H20N4O/c1-3-17-6-8-18(9-7-17)15(20)13-4-5-19-11-12(2)16-14(19)10-13/h4-5,10-11H,3,6-9H2,1-2H3. The Labute approximate surface area is 118 Å². The van der Waals surface area contributed by atoms with Gasteiger partial charge in [-0.2, -0.15) is 0 Å². The van der Waals surface area contributed by atoms with Crippen molar-refractivity contribution in [3.8, 4) is 0 Å². The molecule has 3 rings (SSSR count). The predicted octanol–water partition coefficient (Wildman–Crippen LogP) is 1.42. The van der Waals surface area contributed by atoms with E-state index in [-0.39, 0.29) is 5.91 Å². The van der Waals surface area contributed by atoms with E-state index in [1.165, 1.54) is 0 Å². The normalized spacial score (nSPS) is 16.8. The third-order valence-electron chi connectivity index (χ3n) is 3.93. The van der Waals surface area contributed by atoms with E-state index in [2.05, 4.69) is 16.8 Å². The van der Waals surface area contributed by atoms with Gasteiger partial charge in [0.2, 0.25) is 0 Å². The van der Waals surface area contributed by atoms with Crippen molar-refractivity contribution < 1.29 is 4.79 Å². The number of fused-ring (bicyclic) bond motifs is 1. The van der Waals surface area contributed by atoms with Gasteiger partial charge in [0.1, 0.15) is 5.65 Å². The average Bonchev–Trinajstić information content (AvgIpc) is 2.85. The van der Waals surface area contributed by atoms with Crippen molar-refractivity contribution in [2.75, 3.05) is 32.7 Å². The number of piperazine rings is 1. The van der Waals surface area contributed by atoms with Crippen LogP contribution in [0.25, 0.3) is 5.65 Å². The van der Waals surface area contributed by atoms with E-state index in [0.29, 0.717) is 0 Å². The molecule has 1 aliphatic rings. The van der Waals surface area contributed by atoms with Gasteiger partial charge in [-0.25, -0.2) is 4.98 Å². The minimum Gasteiger partial charge on any atom is -0.336 e. The van der Waals surface area contributed by atoms with Crippen LogP contribution < -0.4 is 0 Å². The molecule has 0 spiro atoms. The molecule has 1 fully saturated rings. The summed E-state index contributed by atoms with van der Waals surface area (Å²) >= 11 is 0. The first kappa shape index (κ1) is 13.1. The number of imidazole rings is 1. The largest absolute Gasteiger partial charge is 0.336 e. The minimum absolute atomic E-state index is 0.115. The number of aromatic nitrogens is 2. The van der Waals surface area contributed by atoms with Gasteiger partial charge in [0, 0.05) is 44.1 Å². The minimum atomic E-state index is 0.115. The van der Waals surface area contributed by atoms with Crippen LogP contribution in [0.2, 0.25) is 0 Å². The van der Waals surface area contributed by atoms with E-state index >= 15 is 0 Å². The van der Waals surface area contributed by atoms with Crippen LogP contribution in [0.1, 0.15) is 23.0 Å². The summed E-state index contributed by atoms with van der Waals surface area (Å²) in [5, 5.41) is 0. The van der Waals surface area contributed by atoms with Crippen molar-refractivity contribution in [2.24, 2.45) is 0 Å². The van der Waals surface area contributed by atoms with Crippen LogP contribution in [0.3, 0.4) is 0 Å². The van der Waals surface area contributed by atoms with Gasteiger partial charge in [-0.1, -0.05) is 6.92 Å². The van der Waals surface area contributed by atoms with Crippen LogP contribution in [0, 0.1) is 6.92 Å². The van der Waals surface area contributed by atoms with Gasteiger partial charge < -0.3 is 14.2 Å². The number of amides is 1. The maximum absolute atomic E-state index is 12.5. The van der Waals surface area contributed by atoms with Gasteiger partial charge in [-0.05, 0) is 25.6 Å². The Bertz CT molecular complexity index is 626. The molecule has 0 radical (unpaired) electrons. The highest BCUT2D eigenvalue weighted by molar-refractivity contribution is 5.95. The lowest BCUT2D eigenvalue weighted by Gasteiger charge is -2.34. The van der Waals surface area contributed by atoms with E-state index in [4.69, 9.17) is 0 Å². The highest BCUT2D eigenvalue weighted by atomic mass is 16.2. The fourth-order valence-corrected chi connectivity index (χ4v) is 2.69. The summed E-state index contributed by atoms with van der Waals surface area (Å²) in [5.41, 5.74) is 2.53. The zero-order chi connectivity index (χ0) is 14.1. The molecule has 5 heteroatoms. The van der Waals surface area contributed by atoms with Crippen molar-refractivity contribution in [3.63, 3.8) is 0 Å². The Kier molecular flexibility index (Phi) is 3.44. The molecule has 5 nitrogen and oxygen atoms in total. The summed E-state index contributed by atoms with van der Waals surface area (Å²) in [6.07, 6.45) is 3.87. The molecule has 2 aromatic rings. The Hall–Kier alpha value is -1.88. The molecule has 1 aliphatic heterocycles. The lowest BCUT2D eigenvalue weighted by molar-refractivity contribution is 0.0643. The number of hydrogen-bond acceptors (Lipinski definition) is 3. The molecule has 0 N–H and O–H groups in total. The number of likely N-dealkylation sites (N-methyl/N-ethyl adjacent to an activating group) is 1. The van der Waals surface area contributed by atoms with Gasteiger partial charge in [0.15, 0.2) is 0 Å². The van der Waals surface area contributed by atoms with Gasteiger partial charge in [-0.3, -0.25) is 4.79 Å². The Morgan fingerprint density at radius 3 is 2.75 bits per heavy atom. The van der Waals surface area contributed by atoms with Crippen molar-refractivity contribution in [1.82, 2.24) is 19.2 Å². The maximum atomic E-state index is 12.5. The molecule has 0 aromatic carbocycles.